The maximum atomic E-state index is 12.7. The molecule has 0 fully saturated rings. The quantitative estimate of drug-likeness (QED) is 0.187. The minimum atomic E-state index is -1.26. The van der Waals surface area contributed by atoms with E-state index in [9.17, 15) is 19.2 Å². The number of aromatic nitrogens is 1. The van der Waals surface area contributed by atoms with Crippen LogP contribution in [0.5, 0.6) is 11.5 Å². The average Bonchev–Trinajstić information content (AvgIpc) is 3.33. The zero-order chi connectivity index (χ0) is 29.7. The monoisotopic (exact) mass is 565 g/mol. The van der Waals surface area contributed by atoms with E-state index < -0.39 is 17.8 Å². The predicted molar refractivity (Wildman–Crippen MR) is 148 cm³/mol. The molecule has 2 amide bonds. The van der Waals surface area contributed by atoms with Crippen molar-refractivity contribution in [3.63, 3.8) is 0 Å². The molecule has 0 atom stereocenters. The van der Waals surface area contributed by atoms with Gasteiger partial charge in [-0.25, -0.2) is 14.6 Å². The van der Waals surface area contributed by atoms with E-state index in [-0.39, 0.29) is 17.2 Å². The molecule has 1 heterocycles. The number of anilines is 2. The van der Waals surface area contributed by atoms with Gasteiger partial charge in [0.15, 0.2) is 5.13 Å². The number of carbonyl (C=O) groups is 4. The number of carboxylic acids is 2. The molecule has 214 valence electrons. The highest BCUT2D eigenvalue weighted by atomic mass is 32.1. The second-order valence-electron chi connectivity index (χ2n) is 8.48. The third-order valence-corrected chi connectivity index (χ3v) is 5.86. The topological polar surface area (TPSA) is 193 Å². The summed E-state index contributed by atoms with van der Waals surface area (Å²) >= 11 is 1.17. The van der Waals surface area contributed by atoms with E-state index in [1.54, 1.807) is 5.38 Å². The van der Waals surface area contributed by atoms with Gasteiger partial charge in [0.1, 0.15) is 17.2 Å². The Morgan fingerprint density at radius 3 is 2.05 bits per heavy atom. The molecular weight excluding hydrogens is 530 g/mol. The Balaban J connectivity index is 0.000000824. The van der Waals surface area contributed by atoms with Crippen molar-refractivity contribution in [3.8, 4) is 11.5 Å². The molecule has 0 spiro atoms. The third kappa shape index (κ3) is 11.0. The fraction of sp³-hybridized carbons (Fsp3) is 0.400. The Hall–Kier alpha value is -4.17. The molecule has 0 aliphatic heterocycles. The summed E-state index contributed by atoms with van der Waals surface area (Å²) in [4.78, 5) is 50.7. The first-order valence-electron chi connectivity index (χ1n) is 11.8. The lowest BCUT2D eigenvalue weighted by Crippen LogP contribution is -2.42. The Labute approximate surface area is 230 Å². The van der Waals surface area contributed by atoms with Gasteiger partial charge in [0.25, 0.3) is 11.8 Å². The molecular formula is C25H35N5O8S. The molecule has 1 aromatic carbocycles. The smallest absolute Gasteiger partial charge is 0.328 e. The van der Waals surface area contributed by atoms with E-state index in [2.05, 4.69) is 48.2 Å². The first kappa shape index (κ1) is 32.9. The minimum absolute atomic E-state index is 0.247. The van der Waals surface area contributed by atoms with Crippen LogP contribution < -0.4 is 25.8 Å². The third-order valence-electron chi connectivity index (χ3n) is 5.10. The van der Waals surface area contributed by atoms with Crippen LogP contribution in [0.3, 0.4) is 0 Å². The number of amides is 2. The molecule has 0 aliphatic carbocycles. The lowest BCUT2D eigenvalue weighted by Gasteiger charge is -2.30. The molecule has 14 heteroatoms. The second-order valence-corrected chi connectivity index (χ2v) is 9.34. The zero-order valence-corrected chi connectivity index (χ0v) is 23.5. The van der Waals surface area contributed by atoms with E-state index in [0.717, 1.165) is 6.54 Å². The van der Waals surface area contributed by atoms with Gasteiger partial charge in [-0.1, -0.05) is 0 Å². The van der Waals surface area contributed by atoms with Crippen molar-refractivity contribution in [3.05, 3.63) is 40.9 Å². The number of thiazole rings is 1. The van der Waals surface area contributed by atoms with Gasteiger partial charge >= 0.3 is 11.9 Å². The fourth-order valence-electron chi connectivity index (χ4n) is 3.34. The van der Waals surface area contributed by atoms with Crippen LogP contribution in [0.2, 0.25) is 0 Å². The highest BCUT2D eigenvalue weighted by molar-refractivity contribution is 7.14. The lowest BCUT2D eigenvalue weighted by atomic mass is 10.1. The van der Waals surface area contributed by atoms with Gasteiger partial charge in [0.05, 0.1) is 25.5 Å². The summed E-state index contributed by atoms with van der Waals surface area (Å²) in [6, 6.07) is 3.80. The summed E-state index contributed by atoms with van der Waals surface area (Å²) in [6.45, 7) is 9.77. The minimum Gasteiger partial charge on any atom is -0.496 e. The Kier molecular flexibility index (Phi) is 13.4. The van der Waals surface area contributed by atoms with Gasteiger partial charge in [0.2, 0.25) is 0 Å². The molecule has 0 saturated heterocycles. The van der Waals surface area contributed by atoms with Crippen LogP contribution in [0.4, 0.5) is 10.8 Å². The van der Waals surface area contributed by atoms with Crippen LogP contribution in [0.25, 0.3) is 0 Å². The van der Waals surface area contributed by atoms with Crippen molar-refractivity contribution in [1.82, 2.24) is 15.2 Å². The van der Waals surface area contributed by atoms with Gasteiger partial charge in [-0.2, -0.15) is 0 Å². The largest absolute Gasteiger partial charge is 0.496 e. The number of nitrogens with two attached hydrogens (primary N) is 1. The van der Waals surface area contributed by atoms with Crippen LogP contribution in [0, 0.1) is 0 Å². The van der Waals surface area contributed by atoms with E-state index in [0.29, 0.717) is 53.1 Å². The number of hydrogen-bond acceptors (Lipinski definition) is 10. The number of ether oxygens (including phenoxy) is 2. The zero-order valence-electron chi connectivity index (χ0n) is 22.7. The number of methoxy groups -OCH3 is 2. The molecule has 6 N–H and O–H groups in total. The molecule has 0 saturated carbocycles. The maximum Gasteiger partial charge on any atom is 0.328 e. The van der Waals surface area contributed by atoms with Gasteiger partial charge < -0.3 is 30.7 Å². The van der Waals surface area contributed by atoms with Crippen LogP contribution >= 0.6 is 11.3 Å². The Bertz CT molecular complexity index is 1160. The first-order chi connectivity index (χ1) is 18.3. The Morgan fingerprint density at radius 2 is 1.56 bits per heavy atom. The maximum absolute atomic E-state index is 12.7. The van der Waals surface area contributed by atoms with E-state index >= 15 is 0 Å². The summed E-state index contributed by atoms with van der Waals surface area (Å²) in [7, 11) is 2.91. The molecule has 2 rings (SSSR count). The summed E-state index contributed by atoms with van der Waals surface area (Å²) in [5, 5.41) is 23.1. The summed E-state index contributed by atoms with van der Waals surface area (Å²) < 4.78 is 10.4. The van der Waals surface area contributed by atoms with E-state index in [4.69, 9.17) is 25.4 Å². The highest BCUT2D eigenvalue weighted by Gasteiger charge is 2.19. The number of rotatable bonds is 12. The highest BCUT2D eigenvalue weighted by Crippen LogP contribution is 2.31. The second kappa shape index (κ2) is 15.9. The first-order valence-corrected chi connectivity index (χ1v) is 12.6. The van der Waals surface area contributed by atoms with Crippen molar-refractivity contribution in [1.29, 1.82) is 0 Å². The normalized spacial score (nSPS) is 10.8. The van der Waals surface area contributed by atoms with Crippen LogP contribution in [-0.2, 0) is 9.59 Å². The number of nitrogens with one attached hydrogen (secondary N) is 2. The predicted octanol–water partition coefficient (Wildman–Crippen LogP) is 2.56. The molecule has 1 aromatic heterocycles. The molecule has 13 nitrogen and oxygen atoms in total. The standard InChI is InChI=1S/C21H31N5O4S.C4H4O4/c1-12(2)26(13(3)4)8-7-23-20(28)16-11-31-21(24-16)25-19(27)14-9-18(30-6)15(22)10-17(14)29-5;5-3(6)1-2-4(7)8/h9-13H,7-8,22H2,1-6H3,(H,23,28)(H,24,25,27);1-2H,(H,5,6)(H,7,8). The molecule has 39 heavy (non-hydrogen) atoms. The fourth-order valence-corrected chi connectivity index (χ4v) is 4.03. The molecule has 0 radical (unpaired) electrons. The number of benzene rings is 1. The van der Waals surface area contributed by atoms with Gasteiger partial charge in [-0.15, -0.1) is 11.3 Å². The van der Waals surface area contributed by atoms with Crippen molar-refractivity contribution < 1.29 is 38.9 Å². The summed E-state index contributed by atoms with van der Waals surface area (Å²) in [5.41, 5.74) is 6.72. The SMILES string of the molecule is COc1cc(C(=O)Nc2nc(C(=O)NCCN(C(C)C)C(C)C)cs2)c(OC)cc1N.O=C(O)C=CC(=O)O. The van der Waals surface area contributed by atoms with Crippen LogP contribution in [-0.4, -0.2) is 83.2 Å². The number of carbonyl (C=O) groups excluding carboxylic acids is 2. The summed E-state index contributed by atoms with van der Waals surface area (Å²) in [6.07, 6.45) is 1.12. The van der Waals surface area contributed by atoms with Crippen molar-refractivity contribution in [2.45, 2.75) is 39.8 Å². The molecule has 0 unspecified atom stereocenters. The van der Waals surface area contributed by atoms with E-state index in [1.807, 2.05) is 0 Å². The Morgan fingerprint density at radius 1 is 1.00 bits per heavy atom. The number of nitrogen functional groups attached to an aromatic ring is 1. The summed E-state index contributed by atoms with van der Waals surface area (Å²) in [5.74, 6) is -2.57. The average molecular weight is 566 g/mol. The molecule has 2 aromatic rings. The van der Waals surface area contributed by atoms with Crippen LogP contribution in [0.1, 0.15) is 48.5 Å². The number of hydrogen-bond donors (Lipinski definition) is 5. The number of aliphatic carboxylic acids is 2. The van der Waals surface area contributed by atoms with Gasteiger partial charge in [0, 0.05) is 48.8 Å². The van der Waals surface area contributed by atoms with Crippen LogP contribution in [0.15, 0.2) is 29.7 Å². The molecule has 0 aliphatic rings. The number of carboxylic acid groups (broad SMARTS) is 2. The van der Waals surface area contributed by atoms with E-state index in [1.165, 1.54) is 37.7 Å². The number of nitrogens with zero attached hydrogens (tertiary/aromatic N) is 2. The van der Waals surface area contributed by atoms with Crippen molar-refractivity contribution >= 4 is 45.9 Å². The molecule has 0 bridgehead atoms. The van der Waals surface area contributed by atoms with Gasteiger partial charge in [-0.3, -0.25) is 19.8 Å². The van der Waals surface area contributed by atoms with Crippen molar-refractivity contribution in [2.24, 2.45) is 0 Å². The lowest BCUT2D eigenvalue weighted by molar-refractivity contribution is -0.134. The van der Waals surface area contributed by atoms with Crippen molar-refractivity contribution in [2.75, 3.05) is 38.4 Å². The van der Waals surface area contributed by atoms with Gasteiger partial charge in [-0.05, 0) is 33.8 Å².